The van der Waals surface area contributed by atoms with Gasteiger partial charge in [0.25, 0.3) is 0 Å². The summed E-state index contributed by atoms with van der Waals surface area (Å²) in [6.45, 7) is 0. The molecule has 3 aromatic carbocycles. The van der Waals surface area contributed by atoms with Crippen LogP contribution in [0, 0.1) is 11.3 Å². The van der Waals surface area contributed by atoms with Gasteiger partial charge in [-0.15, -0.1) is 0 Å². The molecule has 3 aromatic rings. The van der Waals surface area contributed by atoms with Crippen LogP contribution < -0.4 is 4.74 Å². The minimum Gasteiger partial charge on any atom is -0.496 e. The molecule has 0 unspecified atom stereocenters. The van der Waals surface area contributed by atoms with Crippen molar-refractivity contribution < 1.29 is 4.74 Å². The highest BCUT2D eigenvalue weighted by Crippen LogP contribution is 2.31. The Morgan fingerprint density at radius 3 is 2.22 bits per heavy atom. The third-order valence-corrected chi connectivity index (χ3v) is 3.18. The van der Waals surface area contributed by atoms with Gasteiger partial charge in [-0.1, -0.05) is 24.3 Å². The molecule has 0 aromatic heterocycles. The Balaban J connectivity index is 2.51. The minimum atomic E-state index is 0.677. The molecule has 3 rings (SSSR count). The lowest BCUT2D eigenvalue weighted by Crippen LogP contribution is -1.88. The Morgan fingerprint density at radius 1 is 0.944 bits per heavy atom. The summed E-state index contributed by atoms with van der Waals surface area (Å²) in [5.41, 5.74) is 0.677. The Hall–Kier alpha value is -2.53. The molecule has 0 aliphatic carbocycles. The predicted molar refractivity (Wildman–Crippen MR) is 72.7 cm³/mol. The van der Waals surface area contributed by atoms with Crippen LogP contribution in [0.1, 0.15) is 5.56 Å². The fourth-order valence-corrected chi connectivity index (χ4v) is 2.28. The number of nitrogens with zero attached hydrogens (tertiary/aromatic N) is 1. The second kappa shape index (κ2) is 4.05. The molecule has 0 heterocycles. The molecule has 0 N–H and O–H groups in total. The summed E-state index contributed by atoms with van der Waals surface area (Å²) in [6, 6.07) is 18.1. The zero-order valence-electron chi connectivity index (χ0n) is 9.97. The molecule has 0 bridgehead atoms. The van der Waals surface area contributed by atoms with Crippen LogP contribution in [0.2, 0.25) is 0 Å². The average Bonchev–Trinajstić information content (AvgIpc) is 2.44. The Kier molecular flexibility index (Phi) is 2.39. The maximum absolute atomic E-state index is 9.18. The maximum Gasteiger partial charge on any atom is 0.126 e. The topological polar surface area (TPSA) is 33.0 Å². The standard InChI is InChI=1S/C16H11NO/c1-18-16-7-6-13(10-17)14-8-11-4-2-3-5-12(11)9-15(14)16/h2-9H,1H3. The molecule has 0 spiro atoms. The van der Waals surface area contributed by atoms with E-state index in [0.717, 1.165) is 27.3 Å². The van der Waals surface area contributed by atoms with Gasteiger partial charge in [0.1, 0.15) is 5.75 Å². The Labute approximate surface area is 105 Å². The van der Waals surface area contributed by atoms with Crippen molar-refractivity contribution in [3.8, 4) is 11.8 Å². The van der Waals surface area contributed by atoms with Crippen molar-refractivity contribution in [2.75, 3.05) is 7.11 Å². The first kappa shape index (κ1) is 10.6. The van der Waals surface area contributed by atoms with E-state index in [1.54, 1.807) is 13.2 Å². The van der Waals surface area contributed by atoms with Crippen LogP contribution in [0.3, 0.4) is 0 Å². The van der Waals surface area contributed by atoms with Gasteiger partial charge in [0.05, 0.1) is 18.7 Å². The number of hydrogen-bond donors (Lipinski definition) is 0. The summed E-state index contributed by atoms with van der Waals surface area (Å²) < 4.78 is 5.37. The van der Waals surface area contributed by atoms with E-state index in [1.165, 1.54) is 0 Å². The number of benzene rings is 3. The van der Waals surface area contributed by atoms with E-state index in [0.29, 0.717) is 5.56 Å². The smallest absolute Gasteiger partial charge is 0.126 e. The molecule has 2 nitrogen and oxygen atoms in total. The summed E-state index contributed by atoms with van der Waals surface area (Å²) in [4.78, 5) is 0. The van der Waals surface area contributed by atoms with Crippen molar-refractivity contribution in [3.63, 3.8) is 0 Å². The highest BCUT2D eigenvalue weighted by atomic mass is 16.5. The monoisotopic (exact) mass is 233 g/mol. The number of rotatable bonds is 1. The van der Waals surface area contributed by atoms with E-state index in [4.69, 9.17) is 4.74 Å². The van der Waals surface area contributed by atoms with E-state index in [9.17, 15) is 5.26 Å². The first-order chi connectivity index (χ1) is 8.83. The molecule has 2 heteroatoms. The summed E-state index contributed by atoms with van der Waals surface area (Å²) in [7, 11) is 1.65. The molecule has 86 valence electrons. The van der Waals surface area contributed by atoms with E-state index in [-0.39, 0.29) is 0 Å². The third-order valence-electron chi connectivity index (χ3n) is 3.18. The lowest BCUT2D eigenvalue weighted by Gasteiger charge is -2.08. The summed E-state index contributed by atoms with van der Waals surface area (Å²) in [5.74, 6) is 0.801. The van der Waals surface area contributed by atoms with Crippen molar-refractivity contribution in [3.05, 3.63) is 54.1 Å². The molecular formula is C16H11NO. The summed E-state index contributed by atoms with van der Waals surface area (Å²) in [6.07, 6.45) is 0. The molecule has 0 fully saturated rings. The van der Waals surface area contributed by atoms with E-state index in [2.05, 4.69) is 24.3 Å². The van der Waals surface area contributed by atoms with Gasteiger partial charge in [0.15, 0.2) is 0 Å². The number of methoxy groups -OCH3 is 1. The maximum atomic E-state index is 9.18. The predicted octanol–water partition coefficient (Wildman–Crippen LogP) is 3.87. The Bertz CT molecular complexity index is 784. The van der Waals surface area contributed by atoms with Gasteiger partial charge in [-0.05, 0) is 35.0 Å². The highest BCUT2D eigenvalue weighted by Gasteiger charge is 2.07. The Morgan fingerprint density at radius 2 is 1.61 bits per heavy atom. The van der Waals surface area contributed by atoms with Gasteiger partial charge in [0, 0.05) is 10.8 Å². The molecule has 0 amide bonds. The van der Waals surface area contributed by atoms with Crippen LogP contribution in [0.5, 0.6) is 5.75 Å². The summed E-state index contributed by atoms with van der Waals surface area (Å²) in [5, 5.41) is 13.4. The molecular weight excluding hydrogens is 222 g/mol. The lowest BCUT2D eigenvalue weighted by atomic mass is 9.99. The number of hydrogen-bond acceptors (Lipinski definition) is 2. The van der Waals surface area contributed by atoms with Gasteiger partial charge < -0.3 is 4.74 Å². The van der Waals surface area contributed by atoms with Crippen LogP contribution in [0.25, 0.3) is 21.5 Å². The third kappa shape index (κ3) is 1.49. The van der Waals surface area contributed by atoms with Crippen molar-refractivity contribution in [2.24, 2.45) is 0 Å². The fourth-order valence-electron chi connectivity index (χ4n) is 2.28. The largest absolute Gasteiger partial charge is 0.496 e. The van der Waals surface area contributed by atoms with Crippen LogP contribution in [0.4, 0.5) is 0 Å². The zero-order valence-corrected chi connectivity index (χ0v) is 9.97. The van der Waals surface area contributed by atoms with Crippen LogP contribution in [0.15, 0.2) is 48.5 Å². The zero-order chi connectivity index (χ0) is 12.5. The van der Waals surface area contributed by atoms with E-state index < -0.39 is 0 Å². The number of fused-ring (bicyclic) bond motifs is 2. The van der Waals surface area contributed by atoms with Crippen molar-refractivity contribution in [1.82, 2.24) is 0 Å². The molecule has 18 heavy (non-hydrogen) atoms. The second-order valence-electron chi connectivity index (χ2n) is 4.17. The molecule has 0 saturated carbocycles. The SMILES string of the molecule is COc1ccc(C#N)c2cc3ccccc3cc12. The van der Waals surface area contributed by atoms with Crippen molar-refractivity contribution in [2.45, 2.75) is 0 Å². The molecule has 0 saturated heterocycles. The lowest BCUT2D eigenvalue weighted by molar-refractivity contribution is 0.420. The van der Waals surface area contributed by atoms with Crippen molar-refractivity contribution in [1.29, 1.82) is 5.26 Å². The van der Waals surface area contributed by atoms with Gasteiger partial charge in [-0.25, -0.2) is 0 Å². The number of ether oxygens (including phenoxy) is 1. The first-order valence-electron chi connectivity index (χ1n) is 5.73. The van der Waals surface area contributed by atoms with Gasteiger partial charge in [-0.3, -0.25) is 0 Å². The van der Waals surface area contributed by atoms with Crippen LogP contribution in [-0.4, -0.2) is 7.11 Å². The van der Waals surface area contributed by atoms with Gasteiger partial charge in [0.2, 0.25) is 0 Å². The van der Waals surface area contributed by atoms with E-state index >= 15 is 0 Å². The first-order valence-corrected chi connectivity index (χ1v) is 5.73. The van der Waals surface area contributed by atoms with Gasteiger partial charge >= 0.3 is 0 Å². The number of nitriles is 1. The van der Waals surface area contributed by atoms with E-state index in [1.807, 2.05) is 24.3 Å². The van der Waals surface area contributed by atoms with Gasteiger partial charge in [-0.2, -0.15) is 5.26 Å². The quantitative estimate of drug-likeness (QED) is 0.598. The van der Waals surface area contributed by atoms with Crippen LogP contribution in [-0.2, 0) is 0 Å². The highest BCUT2D eigenvalue weighted by molar-refractivity contribution is 6.03. The molecule has 0 radical (unpaired) electrons. The normalized spacial score (nSPS) is 10.4. The average molecular weight is 233 g/mol. The van der Waals surface area contributed by atoms with Crippen LogP contribution >= 0.6 is 0 Å². The fraction of sp³-hybridized carbons (Fsp3) is 0.0625. The minimum absolute atomic E-state index is 0.677. The molecule has 0 aliphatic rings. The summed E-state index contributed by atoms with van der Waals surface area (Å²) >= 11 is 0. The van der Waals surface area contributed by atoms with Crippen molar-refractivity contribution >= 4 is 21.5 Å². The molecule has 0 atom stereocenters. The molecule has 0 aliphatic heterocycles. The second-order valence-corrected chi connectivity index (χ2v) is 4.17.